The Balaban J connectivity index is 2.36. The number of benzene rings is 1. The summed E-state index contributed by atoms with van der Waals surface area (Å²) >= 11 is 0. The molecule has 0 atom stereocenters. The van der Waals surface area contributed by atoms with E-state index in [1.165, 1.54) is 11.1 Å². The van der Waals surface area contributed by atoms with Crippen LogP contribution >= 0.6 is 0 Å². The van der Waals surface area contributed by atoms with E-state index in [2.05, 4.69) is 41.8 Å². The van der Waals surface area contributed by atoms with Gasteiger partial charge in [-0.2, -0.15) is 0 Å². The molecule has 0 radical (unpaired) electrons. The molecule has 0 spiro atoms. The molecule has 0 aromatic heterocycles. The van der Waals surface area contributed by atoms with E-state index in [0.717, 1.165) is 6.42 Å². The maximum Gasteiger partial charge on any atom is 0.239 e. The molecule has 0 fully saturated rings. The number of amides is 2. The van der Waals surface area contributed by atoms with Crippen LogP contribution in [0.25, 0.3) is 0 Å². The lowest BCUT2D eigenvalue weighted by Crippen LogP contribution is -2.40. The van der Waals surface area contributed by atoms with Crippen molar-refractivity contribution in [2.24, 2.45) is 0 Å². The number of rotatable bonds is 7. The second-order valence-electron chi connectivity index (χ2n) is 4.79. The number of carbonyl (C=O) groups is 2. The zero-order chi connectivity index (χ0) is 15.0. The van der Waals surface area contributed by atoms with Crippen molar-refractivity contribution >= 4 is 11.8 Å². The van der Waals surface area contributed by atoms with Gasteiger partial charge in [-0.3, -0.25) is 14.5 Å². The Morgan fingerprint density at radius 2 is 1.70 bits per heavy atom. The first-order valence-electron chi connectivity index (χ1n) is 6.78. The molecule has 1 aromatic carbocycles. The Bertz CT molecular complexity index is 443. The average Bonchev–Trinajstić information content (AvgIpc) is 2.45. The molecule has 0 unspecified atom stereocenters. The maximum atomic E-state index is 11.6. The number of hydrogen-bond acceptors (Lipinski definition) is 3. The normalized spacial score (nSPS) is 10.4. The van der Waals surface area contributed by atoms with Gasteiger partial charge in [0.25, 0.3) is 0 Å². The van der Waals surface area contributed by atoms with Gasteiger partial charge >= 0.3 is 0 Å². The largest absolute Gasteiger partial charge is 0.358 e. The molecule has 0 bridgehead atoms. The van der Waals surface area contributed by atoms with Crippen LogP contribution in [0.15, 0.2) is 24.3 Å². The molecule has 110 valence electrons. The van der Waals surface area contributed by atoms with Crippen molar-refractivity contribution in [3.8, 4) is 0 Å². The van der Waals surface area contributed by atoms with Gasteiger partial charge in [0, 0.05) is 13.6 Å². The van der Waals surface area contributed by atoms with Gasteiger partial charge < -0.3 is 10.6 Å². The Morgan fingerprint density at radius 3 is 2.25 bits per heavy atom. The summed E-state index contributed by atoms with van der Waals surface area (Å²) in [6.45, 7) is 3.12. The number of likely N-dealkylation sites (N-methyl/N-ethyl adjacent to an activating group) is 2. The van der Waals surface area contributed by atoms with Gasteiger partial charge in [-0.15, -0.1) is 0 Å². The maximum absolute atomic E-state index is 11.6. The quantitative estimate of drug-likeness (QED) is 0.765. The third-order valence-electron chi connectivity index (χ3n) is 3.02. The minimum Gasteiger partial charge on any atom is -0.358 e. The summed E-state index contributed by atoms with van der Waals surface area (Å²) in [7, 11) is 3.42. The molecule has 0 aliphatic heterocycles. The van der Waals surface area contributed by atoms with Crippen LogP contribution in [0.5, 0.6) is 0 Å². The highest BCUT2D eigenvalue weighted by Gasteiger charge is 2.08. The predicted molar refractivity (Wildman–Crippen MR) is 79.2 cm³/mol. The molecular weight excluding hydrogens is 254 g/mol. The van der Waals surface area contributed by atoms with Gasteiger partial charge in [0.15, 0.2) is 0 Å². The highest BCUT2D eigenvalue weighted by Crippen LogP contribution is 2.07. The second-order valence-corrected chi connectivity index (χ2v) is 4.79. The molecule has 2 N–H and O–H groups in total. The molecule has 1 aromatic rings. The van der Waals surface area contributed by atoms with E-state index in [9.17, 15) is 9.59 Å². The van der Waals surface area contributed by atoms with Crippen molar-refractivity contribution in [3.63, 3.8) is 0 Å². The van der Waals surface area contributed by atoms with E-state index < -0.39 is 0 Å². The lowest BCUT2D eigenvalue weighted by Gasteiger charge is -2.16. The van der Waals surface area contributed by atoms with Crippen LogP contribution in [0.4, 0.5) is 0 Å². The summed E-state index contributed by atoms with van der Waals surface area (Å²) in [5.74, 6) is -0.350. The monoisotopic (exact) mass is 277 g/mol. The van der Waals surface area contributed by atoms with Crippen LogP contribution < -0.4 is 10.6 Å². The van der Waals surface area contributed by atoms with Crippen LogP contribution in [0.3, 0.4) is 0 Å². The van der Waals surface area contributed by atoms with E-state index in [4.69, 9.17) is 0 Å². The van der Waals surface area contributed by atoms with Crippen LogP contribution in [-0.2, 0) is 22.6 Å². The van der Waals surface area contributed by atoms with Crippen molar-refractivity contribution in [1.29, 1.82) is 0 Å². The zero-order valence-corrected chi connectivity index (χ0v) is 12.4. The molecule has 0 saturated heterocycles. The molecule has 0 heterocycles. The summed E-state index contributed by atoms with van der Waals surface area (Å²) in [6, 6.07) is 8.37. The van der Waals surface area contributed by atoms with Gasteiger partial charge in [-0.05, 0) is 24.6 Å². The molecule has 1 rings (SSSR count). The Kier molecular flexibility index (Phi) is 6.73. The Morgan fingerprint density at radius 1 is 1.10 bits per heavy atom. The van der Waals surface area contributed by atoms with Crippen LogP contribution in [0.1, 0.15) is 18.1 Å². The van der Waals surface area contributed by atoms with E-state index in [1.807, 2.05) is 11.9 Å². The number of nitrogens with one attached hydrogen (secondary N) is 2. The molecular formula is C15H23N3O2. The number of aryl methyl sites for hydroxylation is 1. The second kappa shape index (κ2) is 8.32. The summed E-state index contributed by atoms with van der Waals surface area (Å²) in [5.41, 5.74) is 2.48. The number of carbonyl (C=O) groups excluding carboxylic acids is 2. The average molecular weight is 277 g/mol. The number of nitrogens with zero attached hydrogens (tertiary/aromatic N) is 1. The third-order valence-corrected chi connectivity index (χ3v) is 3.02. The molecule has 5 heteroatoms. The Labute approximate surface area is 120 Å². The van der Waals surface area contributed by atoms with Gasteiger partial charge in [-0.1, -0.05) is 31.2 Å². The smallest absolute Gasteiger partial charge is 0.239 e. The van der Waals surface area contributed by atoms with Crippen molar-refractivity contribution in [2.45, 2.75) is 19.9 Å². The molecule has 5 nitrogen and oxygen atoms in total. The van der Waals surface area contributed by atoms with Crippen molar-refractivity contribution < 1.29 is 9.59 Å². The first kappa shape index (κ1) is 16.2. The van der Waals surface area contributed by atoms with Crippen molar-refractivity contribution in [1.82, 2.24) is 15.5 Å². The fourth-order valence-corrected chi connectivity index (χ4v) is 1.82. The van der Waals surface area contributed by atoms with Crippen LogP contribution in [-0.4, -0.2) is 43.9 Å². The van der Waals surface area contributed by atoms with Gasteiger partial charge in [0.2, 0.25) is 11.8 Å². The van der Waals surface area contributed by atoms with Crippen LogP contribution in [0, 0.1) is 0 Å². The lowest BCUT2D eigenvalue weighted by atomic mass is 10.1. The topological polar surface area (TPSA) is 61.4 Å². The first-order chi connectivity index (χ1) is 9.55. The lowest BCUT2D eigenvalue weighted by molar-refractivity contribution is -0.126. The Hall–Kier alpha value is -1.88. The van der Waals surface area contributed by atoms with E-state index >= 15 is 0 Å². The first-order valence-corrected chi connectivity index (χ1v) is 6.78. The molecule has 2 amide bonds. The molecule has 0 aliphatic rings. The molecule has 0 aliphatic carbocycles. The number of hydrogen-bond donors (Lipinski definition) is 2. The van der Waals surface area contributed by atoms with E-state index in [-0.39, 0.29) is 24.9 Å². The summed E-state index contributed by atoms with van der Waals surface area (Å²) in [5, 5.41) is 5.03. The van der Waals surface area contributed by atoms with Gasteiger partial charge in [-0.25, -0.2) is 0 Å². The molecule has 20 heavy (non-hydrogen) atoms. The minimum absolute atomic E-state index is 0.0222. The minimum atomic E-state index is -0.198. The summed E-state index contributed by atoms with van der Waals surface area (Å²) in [4.78, 5) is 24.6. The highest BCUT2D eigenvalue weighted by atomic mass is 16.2. The zero-order valence-electron chi connectivity index (χ0n) is 12.4. The summed E-state index contributed by atoms with van der Waals surface area (Å²) in [6.07, 6.45) is 1.03. The molecule has 0 saturated carbocycles. The van der Waals surface area contributed by atoms with E-state index in [0.29, 0.717) is 6.54 Å². The fraction of sp³-hybridized carbons (Fsp3) is 0.467. The standard InChI is InChI=1S/C15H23N3O2/c1-4-12-5-7-13(8-6-12)10-18(3)11-15(20)17-9-14(19)16-2/h5-8H,4,9-11H2,1-3H3,(H,16,19)(H,17,20). The van der Waals surface area contributed by atoms with Crippen LogP contribution in [0.2, 0.25) is 0 Å². The summed E-state index contributed by atoms with van der Waals surface area (Å²) < 4.78 is 0. The van der Waals surface area contributed by atoms with Gasteiger partial charge in [0.1, 0.15) is 0 Å². The van der Waals surface area contributed by atoms with Crippen molar-refractivity contribution in [2.75, 3.05) is 27.2 Å². The van der Waals surface area contributed by atoms with Gasteiger partial charge in [0.05, 0.1) is 13.1 Å². The fourth-order valence-electron chi connectivity index (χ4n) is 1.82. The van der Waals surface area contributed by atoms with E-state index in [1.54, 1.807) is 7.05 Å². The highest BCUT2D eigenvalue weighted by molar-refractivity contribution is 5.85. The van der Waals surface area contributed by atoms with Crippen molar-refractivity contribution in [3.05, 3.63) is 35.4 Å². The third kappa shape index (κ3) is 5.84. The predicted octanol–water partition coefficient (Wildman–Crippen LogP) is 0.543. The SMILES string of the molecule is CCc1ccc(CN(C)CC(=O)NCC(=O)NC)cc1.